The van der Waals surface area contributed by atoms with E-state index in [0.717, 1.165) is 53.4 Å². The number of aliphatic imine (C=N–C) groups is 1. The highest BCUT2D eigenvalue weighted by molar-refractivity contribution is 8.14. The van der Waals surface area contributed by atoms with Crippen molar-refractivity contribution in [1.82, 2.24) is 14.8 Å². The van der Waals surface area contributed by atoms with Gasteiger partial charge in [-0.3, -0.25) is 4.79 Å². The smallest absolute Gasteiger partial charge is 0.406 e. The molecule has 0 N–H and O–H groups in total. The summed E-state index contributed by atoms with van der Waals surface area (Å²) in [6.45, 7) is 8.77. The molecule has 3 aromatic carbocycles. The summed E-state index contributed by atoms with van der Waals surface area (Å²) in [7, 11) is 0. The molecule has 1 aliphatic rings. The van der Waals surface area contributed by atoms with Gasteiger partial charge >= 0.3 is 6.36 Å². The lowest BCUT2D eigenvalue weighted by atomic mass is 9.95. The van der Waals surface area contributed by atoms with Crippen molar-refractivity contribution in [3.05, 3.63) is 89.7 Å². The monoisotopic (exact) mass is 649 g/mol. The van der Waals surface area contributed by atoms with Crippen LogP contribution in [0, 0.1) is 6.92 Å². The molecular weight excluding hydrogens is 611 g/mol. The average molecular weight is 650 g/mol. The van der Waals surface area contributed by atoms with Gasteiger partial charge in [-0.05, 0) is 92.5 Å². The molecule has 0 radical (unpaired) electrons. The summed E-state index contributed by atoms with van der Waals surface area (Å²) in [5.74, 6) is 1.44. The number of nitrogens with zero attached hydrogens (tertiary/aromatic N) is 5. The number of halogens is 3. The lowest BCUT2D eigenvalue weighted by Crippen LogP contribution is -2.42. The Balaban J connectivity index is 1.14. The van der Waals surface area contributed by atoms with Crippen LogP contribution in [0.15, 0.2) is 78.0 Å². The van der Waals surface area contributed by atoms with Gasteiger partial charge in [0, 0.05) is 29.5 Å². The third kappa shape index (κ3) is 8.37. The van der Waals surface area contributed by atoms with E-state index in [1.807, 2.05) is 24.3 Å². The second-order valence-electron chi connectivity index (χ2n) is 11.8. The van der Waals surface area contributed by atoms with Crippen LogP contribution in [-0.2, 0) is 11.2 Å². The number of amides is 1. The first-order valence-electron chi connectivity index (χ1n) is 15.5. The van der Waals surface area contributed by atoms with Gasteiger partial charge in [0.2, 0.25) is 5.91 Å². The van der Waals surface area contributed by atoms with E-state index < -0.39 is 6.36 Å². The first-order chi connectivity index (χ1) is 22.0. The standard InChI is InChI=1S/C35H38F3N5O2S/c1-23(2)32-24(3)8-7-10-30(32)43-25(4)20-21-46-34(43)40-31(44)11-6-5-9-26-12-14-27(15-13-26)33-39-22-42(41-33)28-16-18-29(19-17-28)45-35(36,37)38/h7-8,10,12-19,22-23,25H,5-6,9,11,20-21H2,1-4H3. The number of hydrogen-bond acceptors (Lipinski definition) is 5. The Morgan fingerprint density at radius 3 is 2.50 bits per heavy atom. The van der Waals surface area contributed by atoms with Crippen molar-refractivity contribution in [3.8, 4) is 22.8 Å². The largest absolute Gasteiger partial charge is 0.573 e. The van der Waals surface area contributed by atoms with Crippen LogP contribution in [0.3, 0.4) is 0 Å². The first-order valence-corrected chi connectivity index (χ1v) is 16.5. The van der Waals surface area contributed by atoms with Crippen molar-refractivity contribution < 1.29 is 22.7 Å². The number of rotatable bonds is 10. The minimum Gasteiger partial charge on any atom is -0.406 e. The highest BCUT2D eigenvalue weighted by Gasteiger charge is 2.31. The maximum Gasteiger partial charge on any atom is 0.573 e. The fraction of sp³-hybridized carbons (Fsp3) is 0.371. The fourth-order valence-corrected chi connectivity index (χ4v) is 6.89. The van der Waals surface area contributed by atoms with Crippen LogP contribution in [-0.4, -0.2) is 44.0 Å². The molecule has 11 heteroatoms. The molecule has 7 nitrogen and oxygen atoms in total. The number of thioether (sulfide) groups is 1. The zero-order valence-corrected chi connectivity index (χ0v) is 27.2. The third-order valence-electron chi connectivity index (χ3n) is 7.92. The summed E-state index contributed by atoms with van der Waals surface area (Å²) in [4.78, 5) is 24.2. The van der Waals surface area contributed by atoms with Crippen LogP contribution < -0.4 is 9.64 Å². The number of aromatic nitrogens is 3. The van der Waals surface area contributed by atoms with E-state index in [1.54, 1.807) is 11.8 Å². The molecule has 0 saturated carbocycles. The van der Waals surface area contributed by atoms with E-state index in [9.17, 15) is 18.0 Å². The lowest BCUT2D eigenvalue weighted by molar-refractivity contribution is -0.274. The molecule has 0 bridgehead atoms. The Labute approximate surface area is 271 Å². The molecule has 4 aromatic rings. The summed E-state index contributed by atoms with van der Waals surface area (Å²) in [5, 5.41) is 5.26. The molecule has 1 fully saturated rings. The summed E-state index contributed by atoms with van der Waals surface area (Å²) in [5.41, 5.74) is 6.24. The molecule has 0 spiro atoms. The van der Waals surface area contributed by atoms with E-state index in [4.69, 9.17) is 0 Å². The average Bonchev–Trinajstić information content (AvgIpc) is 3.49. The maximum absolute atomic E-state index is 13.0. The third-order valence-corrected chi connectivity index (χ3v) is 8.90. The number of amidine groups is 1. The predicted octanol–water partition coefficient (Wildman–Crippen LogP) is 8.89. The van der Waals surface area contributed by atoms with Gasteiger partial charge in [0.05, 0.1) is 5.69 Å². The number of carbonyl (C=O) groups excluding carboxylic acids is 1. The van der Waals surface area contributed by atoms with Crippen molar-refractivity contribution >= 4 is 28.5 Å². The lowest BCUT2D eigenvalue weighted by Gasteiger charge is -2.37. The molecule has 46 heavy (non-hydrogen) atoms. The zero-order chi connectivity index (χ0) is 32.8. The van der Waals surface area contributed by atoms with Crippen LogP contribution in [0.25, 0.3) is 17.1 Å². The van der Waals surface area contributed by atoms with Crippen molar-refractivity contribution in [3.63, 3.8) is 0 Å². The summed E-state index contributed by atoms with van der Waals surface area (Å²) >= 11 is 1.66. The van der Waals surface area contributed by atoms with Gasteiger partial charge in [-0.25, -0.2) is 9.67 Å². The SMILES string of the molecule is Cc1cccc(N2C(=NC(=O)CCCCc3ccc(-c4ncn(-c5ccc(OC(F)(F)F)cc5)n4)cc3)SCCC2C)c1C(C)C. The van der Waals surface area contributed by atoms with Crippen molar-refractivity contribution in [2.24, 2.45) is 4.99 Å². The highest BCUT2D eigenvalue weighted by Crippen LogP contribution is 2.36. The second-order valence-corrected chi connectivity index (χ2v) is 12.8. The Morgan fingerprint density at radius 2 is 1.80 bits per heavy atom. The van der Waals surface area contributed by atoms with Crippen molar-refractivity contribution in [1.29, 1.82) is 0 Å². The number of anilines is 1. The molecule has 2 heterocycles. The molecule has 0 aliphatic carbocycles. The van der Waals surface area contributed by atoms with Gasteiger partial charge in [0.15, 0.2) is 11.0 Å². The number of benzene rings is 3. The summed E-state index contributed by atoms with van der Waals surface area (Å²) < 4.78 is 42.7. The molecule has 1 aromatic heterocycles. The minimum absolute atomic E-state index is 0.0834. The topological polar surface area (TPSA) is 72.6 Å². The predicted molar refractivity (Wildman–Crippen MR) is 178 cm³/mol. The zero-order valence-electron chi connectivity index (χ0n) is 26.4. The molecule has 5 rings (SSSR count). The molecule has 1 saturated heterocycles. The van der Waals surface area contributed by atoms with E-state index in [0.29, 0.717) is 23.9 Å². The number of unbranched alkanes of at least 4 members (excludes halogenated alkanes) is 1. The Bertz CT molecular complexity index is 1670. The van der Waals surface area contributed by atoms with Crippen LogP contribution >= 0.6 is 11.8 Å². The van der Waals surface area contributed by atoms with Gasteiger partial charge < -0.3 is 9.64 Å². The van der Waals surface area contributed by atoms with Gasteiger partial charge in [-0.15, -0.1) is 18.3 Å². The summed E-state index contributed by atoms with van der Waals surface area (Å²) in [6, 6.07) is 20.0. The van der Waals surface area contributed by atoms with Crippen molar-refractivity contribution in [2.45, 2.75) is 78.1 Å². The number of ether oxygens (including phenoxy) is 1. The molecule has 242 valence electrons. The highest BCUT2D eigenvalue weighted by atomic mass is 32.2. The van der Waals surface area contributed by atoms with E-state index in [2.05, 4.69) is 70.6 Å². The number of alkyl halides is 3. The van der Waals surface area contributed by atoms with Gasteiger partial charge in [0.25, 0.3) is 0 Å². The van der Waals surface area contributed by atoms with Crippen molar-refractivity contribution in [2.75, 3.05) is 10.7 Å². The number of aryl methyl sites for hydroxylation is 2. The van der Waals surface area contributed by atoms with Crippen LogP contribution in [0.1, 0.15) is 69.1 Å². The molecule has 1 amide bonds. The molecule has 1 unspecified atom stereocenters. The molecule has 1 atom stereocenters. The normalized spacial score (nSPS) is 16.3. The molecule has 1 aliphatic heterocycles. The number of hydrogen-bond donors (Lipinski definition) is 0. The van der Waals surface area contributed by atoms with E-state index >= 15 is 0 Å². The van der Waals surface area contributed by atoms with Gasteiger partial charge in [-0.2, -0.15) is 4.99 Å². The van der Waals surface area contributed by atoms with E-state index in [1.165, 1.54) is 46.4 Å². The Kier molecular flexibility index (Phi) is 10.5. The fourth-order valence-electron chi connectivity index (χ4n) is 5.67. The van der Waals surface area contributed by atoms with Crippen LogP contribution in [0.5, 0.6) is 5.75 Å². The second kappa shape index (κ2) is 14.5. The Hall–Kier alpha value is -4.12. The molecular formula is C35H38F3N5O2S. The minimum atomic E-state index is -4.74. The Morgan fingerprint density at radius 1 is 1.07 bits per heavy atom. The van der Waals surface area contributed by atoms with Crippen LogP contribution in [0.4, 0.5) is 18.9 Å². The maximum atomic E-state index is 13.0. The quantitative estimate of drug-likeness (QED) is 0.160. The van der Waals surface area contributed by atoms with Crippen LogP contribution in [0.2, 0.25) is 0 Å². The van der Waals surface area contributed by atoms with Gasteiger partial charge in [0.1, 0.15) is 12.1 Å². The first kappa shape index (κ1) is 33.2. The number of carbonyl (C=O) groups is 1. The van der Waals surface area contributed by atoms with Gasteiger partial charge in [-0.1, -0.05) is 62.0 Å². The summed E-state index contributed by atoms with van der Waals surface area (Å²) in [6.07, 6.45) is 0.655. The van der Waals surface area contributed by atoms with E-state index in [-0.39, 0.29) is 17.7 Å².